The fourth-order valence-electron chi connectivity index (χ4n) is 1.77. The van der Waals surface area contributed by atoms with Crippen molar-refractivity contribution in [2.75, 3.05) is 13.1 Å². The SMILES string of the molecule is CCCN(CCC)S(=O)(=O)c1cc(C(=O)O)c(C)o1. The van der Waals surface area contributed by atoms with Crippen LogP contribution in [0.2, 0.25) is 0 Å². The van der Waals surface area contributed by atoms with Crippen LogP contribution in [0.15, 0.2) is 15.6 Å². The van der Waals surface area contributed by atoms with Gasteiger partial charge in [0.2, 0.25) is 5.09 Å². The summed E-state index contributed by atoms with van der Waals surface area (Å²) in [5.41, 5.74) is -0.119. The summed E-state index contributed by atoms with van der Waals surface area (Å²) in [5, 5.41) is 8.62. The first-order valence-electron chi connectivity index (χ1n) is 6.18. The summed E-state index contributed by atoms with van der Waals surface area (Å²) in [5.74, 6) is -1.10. The van der Waals surface area contributed by atoms with Gasteiger partial charge in [0, 0.05) is 19.2 Å². The van der Waals surface area contributed by atoms with Crippen molar-refractivity contribution < 1.29 is 22.7 Å². The van der Waals surface area contributed by atoms with E-state index in [0.717, 1.165) is 6.07 Å². The first kappa shape index (κ1) is 15.7. The maximum absolute atomic E-state index is 12.3. The van der Waals surface area contributed by atoms with Crippen LogP contribution in [0.3, 0.4) is 0 Å². The van der Waals surface area contributed by atoms with Crippen LogP contribution in [0.1, 0.15) is 42.8 Å². The molecule has 0 atom stereocenters. The van der Waals surface area contributed by atoms with Crippen LogP contribution < -0.4 is 0 Å². The fourth-order valence-corrected chi connectivity index (χ4v) is 3.37. The van der Waals surface area contributed by atoms with Crippen LogP contribution in [0, 0.1) is 6.92 Å². The lowest BCUT2D eigenvalue weighted by Crippen LogP contribution is -2.32. The molecule has 0 aliphatic carbocycles. The lowest BCUT2D eigenvalue weighted by Gasteiger charge is -2.19. The van der Waals surface area contributed by atoms with E-state index in [1.807, 2.05) is 13.8 Å². The van der Waals surface area contributed by atoms with Crippen LogP contribution >= 0.6 is 0 Å². The Hall–Kier alpha value is -1.34. The van der Waals surface area contributed by atoms with Gasteiger partial charge in [-0.05, 0) is 19.8 Å². The van der Waals surface area contributed by atoms with Crippen LogP contribution in [-0.4, -0.2) is 36.9 Å². The number of hydrogen-bond acceptors (Lipinski definition) is 4. The van der Waals surface area contributed by atoms with Gasteiger partial charge in [-0.1, -0.05) is 13.8 Å². The molecule has 0 radical (unpaired) electrons. The number of carboxylic acid groups (broad SMARTS) is 1. The van der Waals surface area contributed by atoms with Crippen LogP contribution in [0.25, 0.3) is 0 Å². The molecule has 0 saturated carbocycles. The van der Waals surface area contributed by atoms with Gasteiger partial charge >= 0.3 is 5.97 Å². The number of nitrogens with zero attached hydrogens (tertiary/aromatic N) is 1. The number of carboxylic acids is 1. The second kappa shape index (κ2) is 6.21. The highest BCUT2D eigenvalue weighted by Crippen LogP contribution is 2.23. The Morgan fingerprint density at radius 2 is 1.84 bits per heavy atom. The second-order valence-corrected chi connectivity index (χ2v) is 6.11. The molecule has 0 amide bonds. The molecule has 1 N–H and O–H groups in total. The quantitative estimate of drug-likeness (QED) is 0.830. The Kier molecular flexibility index (Phi) is 5.13. The predicted octanol–water partition coefficient (Wildman–Crippen LogP) is 2.10. The van der Waals surface area contributed by atoms with Crippen LogP contribution in [-0.2, 0) is 10.0 Å². The zero-order chi connectivity index (χ0) is 14.6. The highest BCUT2D eigenvalue weighted by atomic mass is 32.2. The molecule has 0 saturated heterocycles. The Balaban J connectivity index is 3.17. The average molecular weight is 289 g/mol. The van der Waals surface area contributed by atoms with Gasteiger partial charge < -0.3 is 9.52 Å². The van der Waals surface area contributed by atoms with E-state index in [4.69, 9.17) is 9.52 Å². The van der Waals surface area contributed by atoms with Gasteiger partial charge in [-0.25, -0.2) is 13.2 Å². The number of furan rings is 1. The standard InChI is InChI=1S/C12H19NO5S/c1-4-6-13(7-5-2)19(16,17)11-8-10(12(14)15)9(3)18-11/h8H,4-7H2,1-3H3,(H,14,15). The Morgan fingerprint density at radius 3 is 2.21 bits per heavy atom. The summed E-state index contributed by atoms with van der Waals surface area (Å²) >= 11 is 0. The lowest BCUT2D eigenvalue weighted by atomic mass is 10.3. The molecule has 1 aromatic rings. The van der Waals surface area contributed by atoms with Gasteiger partial charge in [0.15, 0.2) is 0 Å². The van der Waals surface area contributed by atoms with Gasteiger partial charge in [0.05, 0.1) is 0 Å². The van der Waals surface area contributed by atoms with Crippen molar-refractivity contribution >= 4 is 16.0 Å². The van der Waals surface area contributed by atoms with Crippen molar-refractivity contribution in [3.8, 4) is 0 Å². The number of rotatable bonds is 7. The summed E-state index contributed by atoms with van der Waals surface area (Å²) < 4.78 is 31.1. The lowest BCUT2D eigenvalue weighted by molar-refractivity contribution is 0.0695. The average Bonchev–Trinajstić information content (AvgIpc) is 2.72. The third-order valence-electron chi connectivity index (χ3n) is 2.67. The molecular formula is C12H19NO5S. The predicted molar refractivity (Wildman–Crippen MR) is 69.7 cm³/mol. The maximum atomic E-state index is 12.3. The van der Waals surface area contributed by atoms with Crippen LogP contribution in [0.5, 0.6) is 0 Å². The fraction of sp³-hybridized carbons (Fsp3) is 0.583. The van der Waals surface area contributed by atoms with E-state index in [9.17, 15) is 13.2 Å². The molecule has 0 bridgehead atoms. The Labute approximate surface area is 113 Å². The van der Waals surface area contributed by atoms with Crippen molar-refractivity contribution in [1.82, 2.24) is 4.31 Å². The highest BCUT2D eigenvalue weighted by Gasteiger charge is 2.29. The molecule has 1 heterocycles. The molecule has 0 fully saturated rings. The van der Waals surface area contributed by atoms with Gasteiger partial charge in [-0.2, -0.15) is 4.31 Å². The number of sulfonamides is 1. The number of carbonyl (C=O) groups is 1. The van der Waals surface area contributed by atoms with Crippen molar-refractivity contribution in [2.24, 2.45) is 0 Å². The maximum Gasteiger partial charge on any atom is 0.339 e. The number of aromatic carboxylic acids is 1. The van der Waals surface area contributed by atoms with Crippen molar-refractivity contribution in [3.05, 3.63) is 17.4 Å². The van der Waals surface area contributed by atoms with Gasteiger partial charge in [-0.15, -0.1) is 0 Å². The van der Waals surface area contributed by atoms with Gasteiger partial charge in [0.25, 0.3) is 10.0 Å². The largest absolute Gasteiger partial charge is 0.478 e. The minimum atomic E-state index is -3.76. The minimum Gasteiger partial charge on any atom is -0.478 e. The van der Waals surface area contributed by atoms with Crippen molar-refractivity contribution in [2.45, 2.75) is 38.7 Å². The molecule has 7 heteroatoms. The highest BCUT2D eigenvalue weighted by molar-refractivity contribution is 7.89. The molecule has 1 rings (SSSR count). The molecule has 108 valence electrons. The monoisotopic (exact) mass is 289 g/mol. The summed E-state index contributed by atoms with van der Waals surface area (Å²) in [7, 11) is -3.76. The first-order valence-corrected chi connectivity index (χ1v) is 7.62. The minimum absolute atomic E-state index is 0.0963. The van der Waals surface area contributed by atoms with E-state index in [1.165, 1.54) is 11.2 Å². The number of aryl methyl sites for hydroxylation is 1. The first-order chi connectivity index (χ1) is 8.84. The van der Waals surface area contributed by atoms with E-state index in [2.05, 4.69) is 0 Å². The van der Waals surface area contributed by atoms with Crippen LogP contribution in [0.4, 0.5) is 0 Å². The van der Waals surface area contributed by atoms with Gasteiger partial charge in [0.1, 0.15) is 11.3 Å². The Bertz CT molecular complexity index is 540. The molecule has 6 nitrogen and oxygen atoms in total. The van der Waals surface area contributed by atoms with E-state index >= 15 is 0 Å². The third-order valence-corrected chi connectivity index (χ3v) is 4.42. The van der Waals surface area contributed by atoms with E-state index in [0.29, 0.717) is 25.9 Å². The van der Waals surface area contributed by atoms with Crippen molar-refractivity contribution in [3.63, 3.8) is 0 Å². The van der Waals surface area contributed by atoms with E-state index in [-0.39, 0.29) is 16.4 Å². The summed E-state index contributed by atoms with van der Waals surface area (Å²) in [6, 6.07) is 1.07. The second-order valence-electron chi connectivity index (χ2n) is 4.24. The molecule has 0 aliphatic heterocycles. The molecule has 19 heavy (non-hydrogen) atoms. The normalized spacial score (nSPS) is 12.0. The van der Waals surface area contributed by atoms with Crippen molar-refractivity contribution in [1.29, 1.82) is 0 Å². The Morgan fingerprint density at radius 1 is 1.32 bits per heavy atom. The summed E-state index contributed by atoms with van der Waals surface area (Å²) in [6.45, 7) is 5.98. The molecule has 0 unspecified atom stereocenters. The molecule has 1 aromatic heterocycles. The van der Waals surface area contributed by atoms with E-state index < -0.39 is 16.0 Å². The topological polar surface area (TPSA) is 87.8 Å². The molecule has 0 spiro atoms. The zero-order valence-corrected chi connectivity index (χ0v) is 12.2. The summed E-state index contributed by atoms with van der Waals surface area (Å²) in [4.78, 5) is 10.9. The van der Waals surface area contributed by atoms with Gasteiger partial charge in [-0.3, -0.25) is 0 Å². The molecule has 0 aromatic carbocycles. The third kappa shape index (κ3) is 3.36. The molecular weight excluding hydrogens is 270 g/mol. The number of hydrogen-bond donors (Lipinski definition) is 1. The molecule has 0 aliphatic rings. The smallest absolute Gasteiger partial charge is 0.339 e. The summed E-state index contributed by atoms with van der Waals surface area (Å²) in [6.07, 6.45) is 1.37. The zero-order valence-electron chi connectivity index (χ0n) is 11.3. The van der Waals surface area contributed by atoms with E-state index in [1.54, 1.807) is 0 Å².